The van der Waals surface area contributed by atoms with Gasteiger partial charge in [0.05, 0.1) is 22.4 Å². The summed E-state index contributed by atoms with van der Waals surface area (Å²) in [5.74, 6) is 1.47. The third-order valence-electron chi connectivity index (χ3n) is 9.07. The van der Waals surface area contributed by atoms with Gasteiger partial charge in [-0.05, 0) is 79.6 Å². The second kappa shape index (κ2) is 9.52. The van der Waals surface area contributed by atoms with E-state index in [2.05, 4.69) is 26.6 Å². The first kappa shape index (κ1) is 25.2. The number of carbonyl (C=O) groups is 2. The zero-order valence-corrected chi connectivity index (χ0v) is 23.6. The molecule has 1 aliphatic carbocycles. The van der Waals surface area contributed by atoms with Crippen molar-refractivity contribution in [1.29, 1.82) is 0 Å². The molecule has 212 valence electrons. The first-order valence-electron chi connectivity index (χ1n) is 14.9. The molecule has 3 aliphatic rings. The van der Waals surface area contributed by atoms with E-state index in [1.54, 1.807) is 0 Å². The van der Waals surface area contributed by atoms with Crippen LogP contribution in [0.15, 0.2) is 54.6 Å². The number of pyridine rings is 1. The normalized spacial score (nSPS) is 18.6. The summed E-state index contributed by atoms with van der Waals surface area (Å²) in [5.41, 5.74) is 14.0. The summed E-state index contributed by atoms with van der Waals surface area (Å²) in [6.07, 6.45) is 4.33. The largest absolute Gasteiger partial charge is 0.348 e. The lowest BCUT2D eigenvalue weighted by molar-refractivity contribution is 0.0708. The van der Waals surface area contributed by atoms with Crippen molar-refractivity contribution in [3.05, 3.63) is 71.3 Å². The summed E-state index contributed by atoms with van der Waals surface area (Å²) < 4.78 is 4.41. The maximum absolute atomic E-state index is 13.3. The van der Waals surface area contributed by atoms with Gasteiger partial charge in [-0.2, -0.15) is 0 Å². The van der Waals surface area contributed by atoms with Crippen molar-refractivity contribution in [2.45, 2.75) is 44.8 Å². The molecule has 0 unspecified atom stereocenters. The van der Waals surface area contributed by atoms with Crippen LogP contribution < -0.4 is 11.1 Å². The molecule has 8 rings (SSSR count). The summed E-state index contributed by atoms with van der Waals surface area (Å²) >= 11 is 0. The van der Waals surface area contributed by atoms with E-state index in [1.165, 1.54) is 12.8 Å². The summed E-state index contributed by atoms with van der Waals surface area (Å²) in [6, 6.07) is 18.2. The van der Waals surface area contributed by atoms with Crippen molar-refractivity contribution in [3.8, 4) is 22.8 Å². The molecule has 42 heavy (non-hydrogen) atoms. The summed E-state index contributed by atoms with van der Waals surface area (Å²) in [4.78, 5) is 37.6. The Morgan fingerprint density at radius 3 is 2.76 bits per heavy atom. The molecule has 0 spiro atoms. The van der Waals surface area contributed by atoms with E-state index in [0.717, 1.165) is 81.9 Å². The fourth-order valence-electron chi connectivity index (χ4n) is 6.53. The van der Waals surface area contributed by atoms with Crippen molar-refractivity contribution in [1.82, 2.24) is 29.3 Å². The Morgan fingerprint density at radius 1 is 1.05 bits per heavy atom. The maximum atomic E-state index is 13.3. The lowest BCUT2D eigenvalue weighted by Gasteiger charge is -2.30. The van der Waals surface area contributed by atoms with Gasteiger partial charge in [-0.25, -0.2) is 9.97 Å². The van der Waals surface area contributed by atoms with E-state index < -0.39 is 0 Å². The smallest absolute Gasteiger partial charge is 0.253 e. The van der Waals surface area contributed by atoms with Crippen LogP contribution in [0.5, 0.6) is 0 Å². The third kappa shape index (κ3) is 4.18. The molecule has 1 saturated heterocycles. The van der Waals surface area contributed by atoms with Crippen LogP contribution in [-0.2, 0) is 20.1 Å². The van der Waals surface area contributed by atoms with Gasteiger partial charge in [-0.15, -0.1) is 0 Å². The van der Waals surface area contributed by atoms with Gasteiger partial charge >= 0.3 is 0 Å². The molecular weight excluding hydrogens is 526 g/mol. The highest BCUT2D eigenvalue weighted by Gasteiger charge is 2.27. The molecular formula is C33H33N7O2. The number of benzene rings is 2. The number of nitrogens with two attached hydrogens (primary N) is 1. The molecule has 1 saturated carbocycles. The Kier molecular flexibility index (Phi) is 5.72. The fourth-order valence-corrected chi connectivity index (χ4v) is 6.53. The van der Waals surface area contributed by atoms with E-state index in [1.807, 2.05) is 54.4 Å². The Hall–Kier alpha value is -4.50. The highest BCUT2D eigenvalue weighted by atomic mass is 16.2. The van der Waals surface area contributed by atoms with Crippen molar-refractivity contribution in [3.63, 3.8) is 0 Å². The Morgan fingerprint density at radius 2 is 1.93 bits per heavy atom. The number of aromatic nitrogens is 4. The SMILES string of the molecule is Cn1c(-c2cc3ccc(-c4ccc5c(c4)C(=O)NC5)nc3n2CC2CC2)nc2cc(C(=O)N3CCC[C@@H](N)C3)ccc21. The number of likely N-dealkylation sites (tertiary alicyclic amines) is 1. The Bertz CT molecular complexity index is 1910. The minimum atomic E-state index is -0.0291. The van der Waals surface area contributed by atoms with Gasteiger partial charge in [0.15, 0.2) is 5.82 Å². The molecule has 3 aromatic heterocycles. The molecule has 5 aromatic rings. The molecule has 2 fully saturated rings. The second-order valence-electron chi connectivity index (χ2n) is 12.1. The number of nitrogens with one attached hydrogen (secondary N) is 1. The number of aryl methyl sites for hydroxylation is 1. The number of hydrogen-bond donors (Lipinski definition) is 2. The van der Waals surface area contributed by atoms with Gasteiger partial charge in [-0.3, -0.25) is 9.59 Å². The van der Waals surface area contributed by atoms with Gasteiger partial charge in [-0.1, -0.05) is 12.1 Å². The second-order valence-corrected chi connectivity index (χ2v) is 12.1. The summed E-state index contributed by atoms with van der Waals surface area (Å²) in [5, 5.41) is 3.95. The third-order valence-corrected chi connectivity index (χ3v) is 9.07. The number of piperidine rings is 1. The van der Waals surface area contributed by atoms with Gasteiger partial charge in [0.1, 0.15) is 5.65 Å². The standard InChI is InChI=1S/C33H33N7O2/c1-38-28-11-9-22(33(42)39-12-2-3-24(34)18-39)14-27(28)37-31(38)29-15-21-8-10-26(36-30(21)40(29)17-19-4-5-19)20-6-7-23-16-35-32(41)25(23)13-20/h6-11,13-15,19,24H,2-5,12,16-18,34H2,1H3,(H,35,41)/t24-/m1/s1. The molecule has 0 bridgehead atoms. The number of imidazole rings is 1. The molecule has 5 heterocycles. The number of fused-ring (bicyclic) bond motifs is 3. The predicted molar refractivity (Wildman–Crippen MR) is 162 cm³/mol. The number of carbonyl (C=O) groups excluding carboxylic acids is 2. The zero-order valence-electron chi connectivity index (χ0n) is 23.6. The summed E-state index contributed by atoms with van der Waals surface area (Å²) in [7, 11) is 2.03. The van der Waals surface area contributed by atoms with Crippen LogP contribution in [0.3, 0.4) is 0 Å². The topological polar surface area (TPSA) is 111 Å². The molecule has 0 radical (unpaired) electrons. The van der Waals surface area contributed by atoms with E-state index >= 15 is 0 Å². The first-order valence-corrected chi connectivity index (χ1v) is 14.9. The van der Waals surface area contributed by atoms with Crippen LogP contribution in [-0.4, -0.2) is 54.9 Å². The quantitative estimate of drug-likeness (QED) is 0.330. The molecule has 2 aromatic carbocycles. The van der Waals surface area contributed by atoms with Crippen molar-refractivity contribution >= 4 is 33.9 Å². The minimum Gasteiger partial charge on any atom is -0.348 e. The Balaban J connectivity index is 1.20. The monoisotopic (exact) mass is 559 g/mol. The predicted octanol–water partition coefficient (Wildman–Crippen LogP) is 4.47. The van der Waals surface area contributed by atoms with Crippen LogP contribution in [0.4, 0.5) is 0 Å². The molecule has 9 heteroatoms. The van der Waals surface area contributed by atoms with E-state index in [0.29, 0.717) is 24.6 Å². The molecule has 2 amide bonds. The Labute approximate surface area is 243 Å². The molecule has 2 aliphatic heterocycles. The zero-order chi connectivity index (χ0) is 28.5. The average molecular weight is 560 g/mol. The highest BCUT2D eigenvalue weighted by Crippen LogP contribution is 2.37. The van der Waals surface area contributed by atoms with Crippen LogP contribution in [0.25, 0.3) is 44.8 Å². The lowest BCUT2D eigenvalue weighted by Crippen LogP contribution is -2.45. The van der Waals surface area contributed by atoms with Crippen molar-refractivity contribution < 1.29 is 9.59 Å². The van der Waals surface area contributed by atoms with Gasteiger partial charge < -0.3 is 25.1 Å². The van der Waals surface area contributed by atoms with E-state index in [4.69, 9.17) is 15.7 Å². The molecule has 3 N–H and O–H groups in total. The molecule has 9 nitrogen and oxygen atoms in total. The van der Waals surface area contributed by atoms with Crippen LogP contribution >= 0.6 is 0 Å². The number of nitrogens with zero attached hydrogens (tertiary/aromatic N) is 5. The fraction of sp³-hybridized carbons (Fsp3) is 0.333. The highest BCUT2D eigenvalue weighted by molar-refractivity contribution is 6.00. The average Bonchev–Trinajstić information content (AvgIpc) is 3.54. The van der Waals surface area contributed by atoms with E-state index in [-0.39, 0.29) is 17.9 Å². The number of amides is 2. The summed E-state index contributed by atoms with van der Waals surface area (Å²) in [6.45, 7) is 2.80. The van der Waals surface area contributed by atoms with Gasteiger partial charge in [0.2, 0.25) is 0 Å². The lowest BCUT2D eigenvalue weighted by atomic mass is 10.0. The number of rotatable bonds is 5. The van der Waals surface area contributed by atoms with Crippen molar-refractivity contribution in [2.75, 3.05) is 13.1 Å². The van der Waals surface area contributed by atoms with E-state index in [9.17, 15) is 9.59 Å². The van der Waals surface area contributed by atoms with Gasteiger partial charge in [0, 0.05) is 61.3 Å². The number of hydrogen-bond acceptors (Lipinski definition) is 5. The van der Waals surface area contributed by atoms with Crippen LogP contribution in [0, 0.1) is 5.92 Å². The minimum absolute atomic E-state index is 0.0165. The van der Waals surface area contributed by atoms with Gasteiger partial charge in [0.25, 0.3) is 11.8 Å². The maximum Gasteiger partial charge on any atom is 0.253 e. The van der Waals surface area contributed by atoms with Crippen LogP contribution in [0.1, 0.15) is 52.0 Å². The molecule has 1 atom stereocenters. The first-order chi connectivity index (χ1) is 20.4. The van der Waals surface area contributed by atoms with Crippen molar-refractivity contribution in [2.24, 2.45) is 18.7 Å². The van der Waals surface area contributed by atoms with Crippen LogP contribution in [0.2, 0.25) is 0 Å².